The number of carbonyl (C=O) groups is 5. The molecule has 1 aliphatic carbocycles. The Hall–Kier alpha value is -3.37. The Kier molecular flexibility index (Phi) is 20.9. The highest BCUT2D eigenvalue weighted by molar-refractivity contribution is 6.39. The van der Waals surface area contributed by atoms with Gasteiger partial charge in [-0.05, 0) is 121 Å². The van der Waals surface area contributed by atoms with Crippen molar-refractivity contribution in [3.63, 3.8) is 0 Å². The van der Waals surface area contributed by atoms with Crippen molar-refractivity contribution in [3.05, 3.63) is 47.6 Å². The number of hydrogen-bond acceptors (Lipinski definition) is 13. The molecule has 15 atom stereocenters. The maximum Gasteiger partial charge on any atom is 0.329 e. The number of cyclic esters (lactones) is 1. The lowest BCUT2D eigenvalue weighted by Gasteiger charge is -2.44. The van der Waals surface area contributed by atoms with E-state index in [0.717, 1.165) is 5.57 Å². The number of methoxy groups -OCH3 is 3. The molecule has 0 aromatic heterocycles. The molecule has 14 nitrogen and oxygen atoms in total. The van der Waals surface area contributed by atoms with Gasteiger partial charge in [0.05, 0.1) is 24.4 Å². The number of Topliss-reactive ketones (excluding diaryl/α,β-unsaturated/α-hetero) is 3. The lowest BCUT2D eigenvalue weighted by atomic mass is 9.77. The summed E-state index contributed by atoms with van der Waals surface area (Å²) in [6, 6.07) is -1.15. The molecule has 0 spiro atoms. The molecule has 14 heteroatoms. The van der Waals surface area contributed by atoms with E-state index in [1.165, 1.54) is 12.0 Å². The van der Waals surface area contributed by atoms with Gasteiger partial charge in [-0.15, -0.1) is 0 Å². The van der Waals surface area contributed by atoms with Crippen LogP contribution in [0.25, 0.3) is 0 Å². The molecule has 1 amide bonds. The number of piperidine rings is 1. The molecule has 0 aromatic rings. The molecule has 0 radical (unpaired) electrons. The quantitative estimate of drug-likeness (QED) is 0.143. The molecule has 3 fully saturated rings. The SMILES string of the molecule is CO[C@@H]1/C(C)=C/C=C/C=C/[C@@H](C)C[C@@H](C)C(=O)[C@H](OC)[C@H](O)/C(C)=C/C(C)(C)C(=O)C[C@@H]([C@H](C)C[C@@H]2CC[C@@H](O)[C@H](OC)C2)OC(=O)[C@@H]2CCCCN2C(=O)C(=O)[C@]2(O)O[C@@H](CC[C@H]2C)[C@@H]1C. The van der Waals surface area contributed by atoms with Crippen LogP contribution < -0.4 is 0 Å². The van der Waals surface area contributed by atoms with Crippen LogP contribution in [0.15, 0.2) is 47.6 Å². The second-order valence-corrected chi connectivity index (χ2v) is 20.9. The van der Waals surface area contributed by atoms with Gasteiger partial charge < -0.3 is 43.9 Å². The molecule has 67 heavy (non-hydrogen) atoms. The number of aliphatic hydroxyl groups is 3. The standard InChI is InChI=1S/C53H83NO13/c1-31-18-14-13-15-19-32(2)47(64-11)37(7)41-24-21-36(6)53(62,67-41)49(59)50(60)54-25-17-16-20-39(54)51(61)66-42(33(3)27-38-22-23-40(55)43(28-38)63-10)29-44(56)52(8,9)30-35(5)46(58)48(65-12)45(57)34(4)26-31/h13-15,18-19,30-31,33-34,36-43,46-48,55,58,62H,16-17,20-29H2,1-12H3/b15-13+,18-14+,32-19+,35-30+/t31-,33-,34-,36-,37+,38+,39+,40-,41+,42+,43-,46-,47-,48+,53-/m1/s1. The number of amides is 1. The maximum absolute atomic E-state index is 14.5. The minimum Gasteiger partial charge on any atom is -0.460 e. The van der Waals surface area contributed by atoms with Crippen molar-refractivity contribution < 1.29 is 63.0 Å². The van der Waals surface area contributed by atoms with E-state index in [9.17, 15) is 39.3 Å². The Balaban J connectivity index is 1.75. The van der Waals surface area contributed by atoms with Crippen molar-refractivity contribution in [2.75, 3.05) is 27.9 Å². The summed E-state index contributed by atoms with van der Waals surface area (Å²) < 4.78 is 29.7. The molecular weight excluding hydrogens is 859 g/mol. The van der Waals surface area contributed by atoms with Crippen molar-refractivity contribution in [1.82, 2.24) is 4.90 Å². The van der Waals surface area contributed by atoms with Crippen molar-refractivity contribution in [3.8, 4) is 0 Å². The molecule has 0 aromatic carbocycles. The van der Waals surface area contributed by atoms with Crippen LogP contribution in [-0.2, 0) is 47.7 Å². The molecule has 378 valence electrons. The predicted molar refractivity (Wildman–Crippen MR) is 254 cm³/mol. The highest BCUT2D eigenvalue weighted by Gasteiger charge is 2.54. The first-order valence-corrected chi connectivity index (χ1v) is 24.7. The van der Waals surface area contributed by atoms with Gasteiger partial charge in [0.1, 0.15) is 30.1 Å². The highest BCUT2D eigenvalue weighted by Crippen LogP contribution is 2.39. The third kappa shape index (κ3) is 14.1. The van der Waals surface area contributed by atoms with Gasteiger partial charge in [-0.2, -0.15) is 0 Å². The minimum atomic E-state index is -2.45. The number of esters is 1. The lowest BCUT2D eigenvalue weighted by molar-refractivity contribution is -0.273. The zero-order valence-electron chi connectivity index (χ0n) is 42.4. The predicted octanol–water partition coefficient (Wildman–Crippen LogP) is 6.82. The van der Waals surface area contributed by atoms with Crippen molar-refractivity contribution in [2.24, 2.45) is 40.9 Å². The summed E-state index contributed by atoms with van der Waals surface area (Å²) >= 11 is 0. The summed E-state index contributed by atoms with van der Waals surface area (Å²) in [5.41, 5.74) is 0.0611. The van der Waals surface area contributed by atoms with Crippen molar-refractivity contribution in [2.45, 2.75) is 187 Å². The Morgan fingerprint density at radius 1 is 0.836 bits per heavy atom. The first-order chi connectivity index (χ1) is 31.5. The summed E-state index contributed by atoms with van der Waals surface area (Å²) in [6.07, 6.45) is 10.7. The van der Waals surface area contributed by atoms with Crippen molar-refractivity contribution in [1.29, 1.82) is 0 Å². The van der Waals surface area contributed by atoms with Gasteiger partial charge in [-0.3, -0.25) is 19.2 Å². The van der Waals surface area contributed by atoms with Crippen LogP contribution in [0.1, 0.15) is 133 Å². The largest absolute Gasteiger partial charge is 0.460 e. The van der Waals surface area contributed by atoms with Crippen LogP contribution in [0.3, 0.4) is 0 Å². The number of ether oxygens (including phenoxy) is 5. The Bertz CT molecular complexity index is 1840. The summed E-state index contributed by atoms with van der Waals surface area (Å²) in [7, 11) is 4.53. The topological polar surface area (TPSA) is 195 Å². The van der Waals surface area contributed by atoms with E-state index in [1.807, 2.05) is 65.0 Å². The first-order valence-electron chi connectivity index (χ1n) is 24.7. The molecule has 1 saturated carbocycles. The van der Waals surface area contributed by atoms with E-state index in [0.29, 0.717) is 63.4 Å². The summed E-state index contributed by atoms with van der Waals surface area (Å²) in [4.78, 5) is 72.6. The molecule has 2 bridgehead atoms. The van der Waals surface area contributed by atoms with E-state index in [-0.39, 0.29) is 60.7 Å². The fraction of sp³-hybridized carbons (Fsp3) is 0.755. The first kappa shape index (κ1) is 56.2. The number of fused-ring (bicyclic) bond motifs is 3. The van der Waals surface area contributed by atoms with Crippen LogP contribution >= 0.6 is 0 Å². The fourth-order valence-electron chi connectivity index (χ4n) is 10.8. The third-order valence-electron chi connectivity index (χ3n) is 15.2. The average molecular weight is 942 g/mol. The third-order valence-corrected chi connectivity index (χ3v) is 15.2. The second kappa shape index (κ2) is 25.0. The molecule has 0 unspecified atom stereocenters. The summed E-state index contributed by atoms with van der Waals surface area (Å²) in [5.74, 6) is -7.68. The summed E-state index contributed by atoms with van der Waals surface area (Å²) in [5, 5.41) is 34.2. The normalized spacial score (nSPS) is 40.4. The van der Waals surface area contributed by atoms with Gasteiger partial charge in [0.15, 0.2) is 5.78 Å². The van der Waals surface area contributed by atoms with E-state index >= 15 is 0 Å². The Morgan fingerprint density at radius 3 is 2.18 bits per heavy atom. The monoisotopic (exact) mass is 942 g/mol. The van der Waals surface area contributed by atoms with Crippen LogP contribution in [0.2, 0.25) is 0 Å². The Labute approximate surface area is 399 Å². The fourth-order valence-corrected chi connectivity index (χ4v) is 10.8. The van der Waals surface area contributed by atoms with Gasteiger partial charge in [-0.1, -0.05) is 71.1 Å². The number of aliphatic hydroxyl groups excluding tert-OH is 2. The van der Waals surface area contributed by atoms with Crippen LogP contribution in [0.5, 0.6) is 0 Å². The van der Waals surface area contributed by atoms with E-state index in [4.69, 9.17) is 23.7 Å². The van der Waals surface area contributed by atoms with Gasteiger partial charge in [-0.25, -0.2) is 4.79 Å². The zero-order chi connectivity index (χ0) is 50.0. The number of nitrogens with zero attached hydrogens (tertiary/aromatic N) is 1. The van der Waals surface area contributed by atoms with E-state index < -0.39 is 83.4 Å². The molecule has 3 heterocycles. The summed E-state index contributed by atoms with van der Waals surface area (Å²) in [6.45, 7) is 16.4. The van der Waals surface area contributed by atoms with Crippen molar-refractivity contribution >= 4 is 29.2 Å². The number of rotatable bonds is 6. The van der Waals surface area contributed by atoms with Gasteiger partial charge >= 0.3 is 5.97 Å². The number of carbonyl (C=O) groups excluding carboxylic acids is 5. The zero-order valence-corrected chi connectivity index (χ0v) is 42.4. The highest BCUT2D eigenvalue weighted by atomic mass is 16.6. The van der Waals surface area contributed by atoms with Gasteiger partial charge in [0.2, 0.25) is 5.79 Å². The van der Waals surface area contributed by atoms with Crippen LogP contribution in [-0.4, -0.2) is 132 Å². The molecular formula is C53H83NO13. The van der Waals surface area contributed by atoms with E-state index in [1.54, 1.807) is 48.0 Å². The minimum absolute atomic E-state index is 0.00906. The molecule has 4 rings (SSSR count). The number of allylic oxidation sites excluding steroid dienone is 6. The number of ketones is 3. The molecule has 3 N–H and O–H groups in total. The van der Waals surface area contributed by atoms with E-state index in [2.05, 4.69) is 0 Å². The van der Waals surface area contributed by atoms with Crippen LogP contribution in [0, 0.1) is 40.9 Å². The number of hydrogen-bond donors (Lipinski definition) is 3. The Morgan fingerprint density at radius 2 is 1.52 bits per heavy atom. The second-order valence-electron chi connectivity index (χ2n) is 20.9. The molecule has 3 aliphatic heterocycles. The average Bonchev–Trinajstić information content (AvgIpc) is 3.29. The molecule has 2 saturated heterocycles. The van der Waals surface area contributed by atoms with Crippen LogP contribution in [0.4, 0.5) is 0 Å². The van der Waals surface area contributed by atoms with Gasteiger partial charge in [0.25, 0.3) is 11.7 Å². The maximum atomic E-state index is 14.5. The van der Waals surface area contributed by atoms with Gasteiger partial charge in [0, 0.05) is 57.5 Å². The smallest absolute Gasteiger partial charge is 0.329 e. The lowest BCUT2D eigenvalue weighted by Crippen LogP contribution is -2.61. The molecule has 4 aliphatic rings.